The van der Waals surface area contributed by atoms with E-state index in [9.17, 15) is 4.79 Å². The highest BCUT2D eigenvalue weighted by Crippen LogP contribution is 2.29. The van der Waals surface area contributed by atoms with Gasteiger partial charge in [0.1, 0.15) is 11.9 Å². The lowest BCUT2D eigenvalue weighted by molar-refractivity contribution is 0.0694. The van der Waals surface area contributed by atoms with E-state index >= 15 is 0 Å². The fourth-order valence-electron chi connectivity index (χ4n) is 2.64. The fourth-order valence-corrected chi connectivity index (χ4v) is 2.64. The number of nitrogens with one attached hydrogen (secondary N) is 1. The SMILES string of the molecule is O=C(O)c1cncnc1CNC1CCN(C2CC2)C1. The molecule has 2 fully saturated rings. The van der Waals surface area contributed by atoms with E-state index in [-0.39, 0.29) is 5.56 Å². The molecule has 2 heterocycles. The number of rotatable bonds is 5. The molecule has 3 rings (SSSR count). The minimum atomic E-state index is -0.969. The van der Waals surface area contributed by atoms with Gasteiger partial charge in [0.05, 0.1) is 5.69 Å². The second-order valence-electron chi connectivity index (χ2n) is 5.28. The third-order valence-electron chi connectivity index (χ3n) is 3.87. The number of aromatic nitrogens is 2. The third-order valence-corrected chi connectivity index (χ3v) is 3.87. The van der Waals surface area contributed by atoms with Crippen LogP contribution < -0.4 is 5.32 Å². The maximum absolute atomic E-state index is 11.1. The van der Waals surface area contributed by atoms with Crippen LogP contribution in [0.3, 0.4) is 0 Å². The molecule has 1 saturated heterocycles. The highest BCUT2D eigenvalue weighted by atomic mass is 16.4. The number of carboxylic acid groups (broad SMARTS) is 1. The molecule has 1 aliphatic carbocycles. The Bertz CT molecular complexity index is 475. The van der Waals surface area contributed by atoms with Gasteiger partial charge in [-0.2, -0.15) is 0 Å². The molecule has 0 amide bonds. The van der Waals surface area contributed by atoms with Crippen LogP contribution in [0.1, 0.15) is 35.3 Å². The van der Waals surface area contributed by atoms with Crippen LogP contribution in [0, 0.1) is 0 Å². The Balaban J connectivity index is 1.56. The molecule has 1 aromatic rings. The van der Waals surface area contributed by atoms with Crippen LogP contribution in [0.2, 0.25) is 0 Å². The molecule has 0 bridgehead atoms. The number of nitrogens with zero attached hydrogens (tertiary/aromatic N) is 3. The average Bonchev–Trinajstić information content (AvgIpc) is 3.16. The molecule has 0 aromatic carbocycles. The van der Waals surface area contributed by atoms with Crippen molar-refractivity contribution in [2.24, 2.45) is 0 Å². The maximum Gasteiger partial charge on any atom is 0.339 e. The van der Waals surface area contributed by atoms with Gasteiger partial charge in [0.25, 0.3) is 0 Å². The zero-order valence-electron chi connectivity index (χ0n) is 10.7. The van der Waals surface area contributed by atoms with E-state index in [1.807, 2.05) is 0 Å². The van der Waals surface area contributed by atoms with Gasteiger partial charge in [-0.3, -0.25) is 4.90 Å². The van der Waals surface area contributed by atoms with Crippen molar-refractivity contribution < 1.29 is 9.90 Å². The quantitative estimate of drug-likeness (QED) is 0.804. The molecule has 102 valence electrons. The van der Waals surface area contributed by atoms with E-state index in [4.69, 9.17) is 5.11 Å². The van der Waals surface area contributed by atoms with Crippen molar-refractivity contribution in [3.63, 3.8) is 0 Å². The summed E-state index contributed by atoms with van der Waals surface area (Å²) in [6, 6.07) is 1.25. The normalized spacial score (nSPS) is 23.7. The molecule has 1 atom stereocenters. The predicted molar refractivity (Wildman–Crippen MR) is 68.8 cm³/mol. The molecule has 1 aromatic heterocycles. The molecule has 2 aliphatic rings. The molecular formula is C13H18N4O2. The predicted octanol–water partition coefficient (Wildman–Crippen LogP) is 0.501. The Kier molecular flexibility index (Phi) is 3.44. The van der Waals surface area contributed by atoms with E-state index in [1.54, 1.807) is 0 Å². The van der Waals surface area contributed by atoms with Gasteiger partial charge in [-0.1, -0.05) is 0 Å². The van der Waals surface area contributed by atoms with E-state index in [0.717, 1.165) is 25.6 Å². The van der Waals surface area contributed by atoms with E-state index in [1.165, 1.54) is 25.4 Å². The van der Waals surface area contributed by atoms with Crippen LogP contribution in [-0.4, -0.2) is 51.1 Å². The van der Waals surface area contributed by atoms with Crippen molar-refractivity contribution in [3.8, 4) is 0 Å². The van der Waals surface area contributed by atoms with Crippen molar-refractivity contribution >= 4 is 5.97 Å². The first kappa shape index (κ1) is 12.5. The minimum absolute atomic E-state index is 0.187. The highest BCUT2D eigenvalue weighted by molar-refractivity contribution is 5.88. The van der Waals surface area contributed by atoms with Gasteiger partial charge in [-0.05, 0) is 19.3 Å². The van der Waals surface area contributed by atoms with E-state index in [2.05, 4.69) is 20.2 Å². The van der Waals surface area contributed by atoms with Gasteiger partial charge in [0.15, 0.2) is 0 Å². The summed E-state index contributed by atoms with van der Waals surface area (Å²) >= 11 is 0. The van der Waals surface area contributed by atoms with Gasteiger partial charge in [0.2, 0.25) is 0 Å². The lowest BCUT2D eigenvalue weighted by atomic mass is 10.2. The van der Waals surface area contributed by atoms with Crippen LogP contribution in [0.15, 0.2) is 12.5 Å². The van der Waals surface area contributed by atoms with Crippen LogP contribution in [-0.2, 0) is 6.54 Å². The number of carboxylic acids is 1. The summed E-state index contributed by atoms with van der Waals surface area (Å²) in [6.07, 6.45) is 6.56. The topological polar surface area (TPSA) is 78.3 Å². The molecule has 1 unspecified atom stereocenters. The van der Waals surface area contributed by atoms with Crippen molar-refractivity contribution in [2.75, 3.05) is 13.1 Å². The molecule has 19 heavy (non-hydrogen) atoms. The Hall–Kier alpha value is -1.53. The second kappa shape index (κ2) is 5.22. The first-order valence-electron chi connectivity index (χ1n) is 6.73. The van der Waals surface area contributed by atoms with E-state index < -0.39 is 5.97 Å². The molecule has 6 heteroatoms. The monoisotopic (exact) mass is 262 g/mol. The molecule has 1 saturated carbocycles. The Morgan fingerprint density at radius 1 is 1.47 bits per heavy atom. The van der Waals surface area contributed by atoms with Gasteiger partial charge in [-0.15, -0.1) is 0 Å². The maximum atomic E-state index is 11.1. The number of likely N-dealkylation sites (tertiary alicyclic amines) is 1. The highest BCUT2D eigenvalue weighted by Gasteiger charge is 2.34. The van der Waals surface area contributed by atoms with Gasteiger partial charge >= 0.3 is 5.97 Å². The minimum Gasteiger partial charge on any atom is -0.478 e. The summed E-state index contributed by atoms with van der Waals surface area (Å²) in [6.45, 7) is 2.71. The summed E-state index contributed by atoms with van der Waals surface area (Å²) < 4.78 is 0. The lowest BCUT2D eigenvalue weighted by Gasteiger charge is -2.15. The standard InChI is InChI=1S/C13H18N4O2/c18-13(19)11-5-14-8-16-12(11)6-15-9-3-4-17(7-9)10-1-2-10/h5,8-10,15H,1-4,6-7H2,(H,18,19). The second-order valence-corrected chi connectivity index (χ2v) is 5.28. The molecule has 0 radical (unpaired) electrons. The molecule has 1 aliphatic heterocycles. The lowest BCUT2D eigenvalue weighted by Crippen LogP contribution is -2.33. The van der Waals surface area contributed by atoms with Crippen LogP contribution >= 0.6 is 0 Å². The van der Waals surface area contributed by atoms with Gasteiger partial charge < -0.3 is 10.4 Å². The summed E-state index contributed by atoms with van der Waals surface area (Å²) in [7, 11) is 0. The summed E-state index contributed by atoms with van der Waals surface area (Å²) in [4.78, 5) is 21.4. The molecule has 0 spiro atoms. The Morgan fingerprint density at radius 3 is 3.05 bits per heavy atom. The zero-order chi connectivity index (χ0) is 13.2. The first-order valence-corrected chi connectivity index (χ1v) is 6.73. The summed E-state index contributed by atoms with van der Waals surface area (Å²) in [5.41, 5.74) is 0.749. The third kappa shape index (κ3) is 2.90. The smallest absolute Gasteiger partial charge is 0.339 e. The molecule has 6 nitrogen and oxygen atoms in total. The summed E-state index contributed by atoms with van der Waals surface area (Å²) in [5.74, 6) is -0.969. The number of hydrogen-bond donors (Lipinski definition) is 2. The Labute approximate surface area is 111 Å². The van der Waals surface area contributed by atoms with Gasteiger partial charge in [-0.25, -0.2) is 14.8 Å². The van der Waals surface area contributed by atoms with Crippen LogP contribution in [0.4, 0.5) is 0 Å². The number of hydrogen-bond acceptors (Lipinski definition) is 5. The van der Waals surface area contributed by atoms with Crippen molar-refractivity contribution in [1.29, 1.82) is 0 Å². The fraction of sp³-hybridized carbons (Fsp3) is 0.615. The number of aromatic carboxylic acids is 1. The largest absolute Gasteiger partial charge is 0.478 e. The van der Waals surface area contributed by atoms with Crippen molar-refractivity contribution in [2.45, 2.75) is 37.9 Å². The number of carbonyl (C=O) groups is 1. The molecular weight excluding hydrogens is 244 g/mol. The average molecular weight is 262 g/mol. The Morgan fingerprint density at radius 2 is 2.32 bits per heavy atom. The molecule has 2 N–H and O–H groups in total. The zero-order valence-corrected chi connectivity index (χ0v) is 10.7. The summed E-state index contributed by atoms with van der Waals surface area (Å²) in [5, 5.41) is 12.5. The van der Waals surface area contributed by atoms with Gasteiger partial charge in [0, 0.05) is 37.9 Å². The van der Waals surface area contributed by atoms with Crippen LogP contribution in [0.25, 0.3) is 0 Å². The van der Waals surface area contributed by atoms with E-state index in [0.29, 0.717) is 18.3 Å². The first-order chi connectivity index (χ1) is 9.24. The van der Waals surface area contributed by atoms with Crippen molar-refractivity contribution in [3.05, 3.63) is 23.8 Å². The van der Waals surface area contributed by atoms with Crippen LogP contribution in [0.5, 0.6) is 0 Å². The van der Waals surface area contributed by atoms with Crippen molar-refractivity contribution in [1.82, 2.24) is 20.2 Å².